The minimum Gasteiger partial charge on any atom is -0.494 e. The molecule has 0 aliphatic heterocycles. The molecule has 7 nitrogen and oxygen atoms in total. The molecule has 0 saturated heterocycles. The van der Waals surface area contributed by atoms with E-state index in [1.54, 1.807) is 25.3 Å². The van der Waals surface area contributed by atoms with E-state index < -0.39 is 0 Å². The number of nitrogens with two attached hydrogens (primary N) is 1. The van der Waals surface area contributed by atoms with Gasteiger partial charge in [-0.3, -0.25) is 4.79 Å². The van der Waals surface area contributed by atoms with Gasteiger partial charge in [0.1, 0.15) is 11.3 Å². The fourth-order valence-corrected chi connectivity index (χ4v) is 2.56. The van der Waals surface area contributed by atoms with E-state index in [4.69, 9.17) is 14.9 Å². The number of hydrogen-bond donors (Lipinski definition) is 3. The van der Waals surface area contributed by atoms with Crippen LogP contribution in [0.3, 0.4) is 0 Å². The second-order valence-electron chi connectivity index (χ2n) is 5.97. The first-order chi connectivity index (χ1) is 12.6. The summed E-state index contributed by atoms with van der Waals surface area (Å²) >= 11 is 0. The van der Waals surface area contributed by atoms with E-state index in [1.807, 2.05) is 25.1 Å². The lowest BCUT2D eigenvalue weighted by molar-refractivity contribution is -0.116. The van der Waals surface area contributed by atoms with E-state index in [9.17, 15) is 4.79 Å². The van der Waals surface area contributed by atoms with Gasteiger partial charge in [-0.05, 0) is 49.7 Å². The fourth-order valence-electron chi connectivity index (χ4n) is 2.56. The summed E-state index contributed by atoms with van der Waals surface area (Å²) in [7, 11) is 1.57. The summed E-state index contributed by atoms with van der Waals surface area (Å²) in [4.78, 5) is 16.2. The van der Waals surface area contributed by atoms with E-state index in [1.165, 1.54) is 0 Å². The van der Waals surface area contributed by atoms with Crippen LogP contribution in [0.5, 0.6) is 5.75 Å². The number of ether oxygens (including phenoxy) is 1. The number of amides is 1. The van der Waals surface area contributed by atoms with Crippen molar-refractivity contribution < 1.29 is 13.9 Å². The van der Waals surface area contributed by atoms with Gasteiger partial charge in [-0.15, -0.1) is 0 Å². The number of nitrogens with one attached hydrogen (secondary N) is 2. The van der Waals surface area contributed by atoms with Crippen molar-refractivity contribution in [1.82, 2.24) is 4.98 Å². The Morgan fingerprint density at radius 2 is 2.12 bits per heavy atom. The summed E-state index contributed by atoms with van der Waals surface area (Å²) in [6.07, 6.45) is 1.04. The highest BCUT2D eigenvalue weighted by Crippen LogP contribution is 2.31. The molecule has 136 valence electrons. The van der Waals surface area contributed by atoms with Gasteiger partial charge in [-0.1, -0.05) is 6.07 Å². The Balaban J connectivity index is 1.77. The Labute approximate surface area is 151 Å². The number of aromatic nitrogens is 1. The molecule has 0 radical (unpaired) electrons. The predicted octanol–water partition coefficient (Wildman–Crippen LogP) is 3.57. The number of nitrogens with zero attached hydrogens (tertiary/aromatic N) is 1. The van der Waals surface area contributed by atoms with E-state index in [2.05, 4.69) is 15.6 Å². The van der Waals surface area contributed by atoms with Gasteiger partial charge in [0.2, 0.25) is 5.91 Å². The predicted molar refractivity (Wildman–Crippen MR) is 102 cm³/mol. The zero-order chi connectivity index (χ0) is 18.5. The maximum absolute atomic E-state index is 11.8. The van der Waals surface area contributed by atoms with Crippen molar-refractivity contribution in [2.45, 2.75) is 19.8 Å². The molecule has 3 aromatic rings. The molecule has 26 heavy (non-hydrogen) atoms. The number of oxazole rings is 1. The molecule has 3 rings (SSSR count). The number of fused-ring (bicyclic) bond motifs is 1. The van der Waals surface area contributed by atoms with Gasteiger partial charge in [0.05, 0.1) is 12.8 Å². The summed E-state index contributed by atoms with van der Waals surface area (Å²) in [5.41, 5.74) is 9.37. The van der Waals surface area contributed by atoms with Gasteiger partial charge in [0.15, 0.2) is 5.58 Å². The fraction of sp³-hybridized carbons (Fsp3) is 0.263. The third kappa shape index (κ3) is 4.12. The monoisotopic (exact) mass is 354 g/mol. The van der Waals surface area contributed by atoms with Crippen LogP contribution in [0.4, 0.5) is 17.4 Å². The first kappa shape index (κ1) is 17.8. The Bertz CT molecular complexity index is 920. The molecule has 0 aliphatic carbocycles. The molecule has 7 heteroatoms. The Morgan fingerprint density at radius 1 is 1.27 bits per heavy atom. The van der Waals surface area contributed by atoms with Gasteiger partial charge in [-0.25, -0.2) is 0 Å². The van der Waals surface area contributed by atoms with E-state index in [0.717, 1.165) is 16.7 Å². The molecule has 0 bridgehead atoms. The standard InChI is InChI=1S/C19H22N4O3/c1-12-5-7-15-17(10-12)26-19(23-15)22-14-8-6-13(11-16(14)25-2)21-18(24)4-3-9-20/h5-8,10-11H,3-4,9,20H2,1-2H3,(H,21,24)(H,22,23). The average molecular weight is 354 g/mol. The molecular weight excluding hydrogens is 332 g/mol. The van der Waals surface area contributed by atoms with Crippen LogP contribution in [0, 0.1) is 6.92 Å². The minimum absolute atomic E-state index is 0.0764. The van der Waals surface area contributed by atoms with Crippen LogP contribution in [0.25, 0.3) is 11.1 Å². The van der Waals surface area contributed by atoms with Crippen LogP contribution in [0.15, 0.2) is 40.8 Å². The van der Waals surface area contributed by atoms with Gasteiger partial charge in [-0.2, -0.15) is 4.98 Å². The molecule has 1 amide bonds. The molecule has 0 unspecified atom stereocenters. The summed E-state index contributed by atoms with van der Waals surface area (Å²) in [6.45, 7) is 2.49. The summed E-state index contributed by atoms with van der Waals surface area (Å²) in [6, 6.07) is 11.5. The number of carbonyl (C=O) groups is 1. The zero-order valence-corrected chi connectivity index (χ0v) is 14.8. The van der Waals surface area contributed by atoms with Crippen molar-refractivity contribution >= 4 is 34.4 Å². The number of aryl methyl sites for hydroxylation is 1. The third-order valence-corrected chi connectivity index (χ3v) is 3.88. The molecule has 4 N–H and O–H groups in total. The van der Waals surface area contributed by atoms with Crippen LogP contribution in [0.2, 0.25) is 0 Å². The Morgan fingerprint density at radius 3 is 2.88 bits per heavy atom. The number of anilines is 3. The Hall–Kier alpha value is -3.06. The van der Waals surface area contributed by atoms with E-state index in [0.29, 0.717) is 42.5 Å². The van der Waals surface area contributed by atoms with Crippen LogP contribution in [0.1, 0.15) is 18.4 Å². The first-order valence-electron chi connectivity index (χ1n) is 8.41. The lowest BCUT2D eigenvalue weighted by Gasteiger charge is -2.11. The van der Waals surface area contributed by atoms with Crippen molar-refractivity contribution in [1.29, 1.82) is 0 Å². The summed E-state index contributed by atoms with van der Waals surface area (Å²) < 4.78 is 11.1. The number of rotatable bonds is 7. The molecule has 1 heterocycles. The molecule has 0 fully saturated rings. The maximum Gasteiger partial charge on any atom is 0.300 e. The second kappa shape index (κ2) is 7.88. The van der Waals surface area contributed by atoms with Gasteiger partial charge < -0.3 is 25.5 Å². The highest BCUT2D eigenvalue weighted by atomic mass is 16.5. The van der Waals surface area contributed by atoms with Crippen LogP contribution in [-0.2, 0) is 4.79 Å². The normalized spacial score (nSPS) is 10.7. The van der Waals surface area contributed by atoms with Crippen LogP contribution >= 0.6 is 0 Å². The number of hydrogen-bond acceptors (Lipinski definition) is 6. The molecule has 1 aromatic heterocycles. The van der Waals surface area contributed by atoms with E-state index in [-0.39, 0.29) is 5.91 Å². The molecule has 0 saturated carbocycles. The quantitative estimate of drug-likeness (QED) is 0.599. The number of methoxy groups -OCH3 is 1. The topological polar surface area (TPSA) is 102 Å². The summed E-state index contributed by atoms with van der Waals surface area (Å²) in [5, 5.41) is 5.94. The van der Waals surface area contributed by atoms with Crippen LogP contribution in [-0.4, -0.2) is 24.5 Å². The van der Waals surface area contributed by atoms with Crippen molar-refractivity contribution in [3.8, 4) is 5.75 Å². The SMILES string of the molecule is COc1cc(NC(=O)CCCN)ccc1Nc1nc2ccc(C)cc2o1. The second-order valence-corrected chi connectivity index (χ2v) is 5.97. The highest BCUT2D eigenvalue weighted by molar-refractivity contribution is 5.91. The number of benzene rings is 2. The van der Waals surface area contributed by atoms with Crippen molar-refractivity contribution in [3.63, 3.8) is 0 Å². The smallest absolute Gasteiger partial charge is 0.300 e. The minimum atomic E-state index is -0.0764. The van der Waals surface area contributed by atoms with Crippen molar-refractivity contribution in [2.24, 2.45) is 5.73 Å². The zero-order valence-electron chi connectivity index (χ0n) is 14.8. The molecule has 0 spiro atoms. The van der Waals surface area contributed by atoms with Crippen molar-refractivity contribution in [2.75, 3.05) is 24.3 Å². The van der Waals surface area contributed by atoms with Crippen LogP contribution < -0.4 is 21.1 Å². The van der Waals surface area contributed by atoms with Gasteiger partial charge in [0, 0.05) is 18.2 Å². The van der Waals surface area contributed by atoms with Crippen molar-refractivity contribution in [3.05, 3.63) is 42.0 Å². The van der Waals surface area contributed by atoms with Gasteiger partial charge in [0.25, 0.3) is 6.01 Å². The maximum atomic E-state index is 11.8. The Kier molecular flexibility index (Phi) is 5.38. The average Bonchev–Trinajstić information content (AvgIpc) is 3.02. The molecule has 0 aliphatic rings. The number of carbonyl (C=O) groups excluding carboxylic acids is 1. The lowest BCUT2D eigenvalue weighted by Crippen LogP contribution is -2.13. The largest absolute Gasteiger partial charge is 0.494 e. The van der Waals surface area contributed by atoms with Gasteiger partial charge >= 0.3 is 0 Å². The summed E-state index contributed by atoms with van der Waals surface area (Å²) in [5.74, 6) is 0.493. The third-order valence-electron chi connectivity index (χ3n) is 3.88. The molecular formula is C19H22N4O3. The molecule has 0 atom stereocenters. The lowest BCUT2D eigenvalue weighted by atomic mass is 10.2. The molecule has 2 aromatic carbocycles. The van der Waals surface area contributed by atoms with E-state index >= 15 is 0 Å². The first-order valence-corrected chi connectivity index (χ1v) is 8.41. The highest BCUT2D eigenvalue weighted by Gasteiger charge is 2.11.